The molecule has 72 heavy (non-hydrogen) atoms. The lowest BCUT2D eigenvalue weighted by Gasteiger charge is -2.25. The molecule has 0 saturated carbocycles. The third kappa shape index (κ3) is 14.9. The first kappa shape index (κ1) is 57.1. The first-order valence-electron chi connectivity index (χ1n) is 24.1. The maximum atomic E-state index is 13.1. The monoisotopic (exact) mass is 1040 g/mol. The second kappa shape index (κ2) is 25.2. The zero-order valence-electron chi connectivity index (χ0n) is 41.7. The molecule has 0 atom stereocenters. The highest BCUT2D eigenvalue weighted by atomic mass is 32.2. The zero-order valence-corrected chi connectivity index (χ0v) is 43.3. The quantitative estimate of drug-likeness (QED) is 0.0277. The molecule has 3 amide bonds. The van der Waals surface area contributed by atoms with E-state index in [1.165, 1.54) is 24.3 Å². The molecular formula is C51H69N6O13S2+. The van der Waals surface area contributed by atoms with Crippen LogP contribution in [0.1, 0.15) is 112 Å². The fourth-order valence-electron chi connectivity index (χ4n) is 8.99. The number of nitrogens with two attached hydrogens (primary N) is 1. The van der Waals surface area contributed by atoms with E-state index in [0.29, 0.717) is 50.0 Å². The number of carboxylic acids is 1. The highest BCUT2D eigenvalue weighted by Gasteiger charge is 2.45. The van der Waals surface area contributed by atoms with Crippen LogP contribution < -0.4 is 26.6 Å². The van der Waals surface area contributed by atoms with Gasteiger partial charge in [-0.25, -0.2) is 0 Å². The number of benzene rings is 3. The van der Waals surface area contributed by atoms with Gasteiger partial charge in [-0.2, -0.15) is 21.4 Å². The van der Waals surface area contributed by atoms with E-state index in [2.05, 4.69) is 25.4 Å². The second-order valence-corrected chi connectivity index (χ2v) is 21.5. The van der Waals surface area contributed by atoms with Crippen molar-refractivity contribution in [2.75, 3.05) is 57.5 Å². The number of hydrogen-bond acceptors (Lipinski definition) is 12. The van der Waals surface area contributed by atoms with Crippen LogP contribution in [0.2, 0.25) is 0 Å². The van der Waals surface area contributed by atoms with Crippen molar-refractivity contribution in [1.82, 2.24) is 16.0 Å². The van der Waals surface area contributed by atoms with Crippen molar-refractivity contribution >= 4 is 61.0 Å². The van der Waals surface area contributed by atoms with Crippen molar-refractivity contribution in [2.45, 2.75) is 113 Å². The number of hydrogen-bond donors (Lipinski definition) is 7. The van der Waals surface area contributed by atoms with Crippen molar-refractivity contribution in [3.63, 3.8) is 0 Å². The molecule has 0 saturated heterocycles. The van der Waals surface area contributed by atoms with Crippen LogP contribution in [0.5, 0.6) is 0 Å². The topological polar surface area (TPSA) is 284 Å². The average molecular weight is 1040 g/mol. The molecule has 0 radical (unpaired) electrons. The molecule has 2 heterocycles. The van der Waals surface area contributed by atoms with Gasteiger partial charge in [0.15, 0.2) is 5.71 Å². The van der Waals surface area contributed by atoms with Gasteiger partial charge < -0.3 is 41.2 Å². The molecule has 3 aromatic carbocycles. The molecule has 5 rings (SSSR count). The Morgan fingerprint density at radius 3 is 2.00 bits per heavy atom. The fraction of sp³-hybridized carbons (Fsp3) is 0.471. The smallest absolute Gasteiger partial charge is 0.303 e. The van der Waals surface area contributed by atoms with E-state index >= 15 is 0 Å². The summed E-state index contributed by atoms with van der Waals surface area (Å²) in [5, 5.41) is 17.1. The maximum Gasteiger partial charge on any atom is 0.303 e. The van der Waals surface area contributed by atoms with E-state index in [1.807, 2.05) is 58.9 Å². The molecule has 0 aliphatic carbocycles. The number of rotatable bonds is 28. The number of carbonyl (C=O) groups excluding carboxylic acids is 3. The molecule has 2 aliphatic rings. The van der Waals surface area contributed by atoms with Gasteiger partial charge in [0.25, 0.3) is 26.1 Å². The van der Waals surface area contributed by atoms with Crippen LogP contribution >= 0.6 is 0 Å². The molecule has 0 aromatic heterocycles. The summed E-state index contributed by atoms with van der Waals surface area (Å²) >= 11 is 0. The van der Waals surface area contributed by atoms with Gasteiger partial charge in [-0.1, -0.05) is 32.1 Å². The number of nitrogens with zero attached hydrogens (tertiary/aromatic N) is 2. The third-order valence-corrected chi connectivity index (χ3v) is 14.5. The van der Waals surface area contributed by atoms with E-state index in [-0.39, 0.29) is 99.3 Å². The molecule has 0 unspecified atom stereocenters. The Balaban J connectivity index is 1.13. The normalized spacial score (nSPS) is 15.5. The summed E-state index contributed by atoms with van der Waals surface area (Å²) in [6.07, 6.45) is 8.53. The van der Waals surface area contributed by atoms with Crippen molar-refractivity contribution < 1.29 is 64.3 Å². The number of nitrogens with one attached hydrogen (secondary N) is 3. The van der Waals surface area contributed by atoms with Crippen LogP contribution in [-0.4, -0.2) is 118 Å². The van der Waals surface area contributed by atoms with Gasteiger partial charge in [-0.15, -0.1) is 0 Å². The number of aliphatic carboxylic acids is 1. The van der Waals surface area contributed by atoms with E-state index in [4.69, 9.17) is 20.3 Å². The molecule has 8 N–H and O–H groups in total. The van der Waals surface area contributed by atoms with Crippen molar-refractivity contribution in [3.8, 4) is 0 Å². The molecule has 0 spiro atoms. The van der Waals surface area contributed by atoms with Crippen LogP contribution in [0, 0.1) is 0 Å². The number of fused-ring (bicyclic) bond motifs is 2. The molecule has 3 aromatic rings. The van der Waals surface area contributed by atoms with Crippen LogP contribution in [0.3, 0.4) is 0 Å². The van der Waals surface area contributed by atoms with Crippen LogP contribution in [0.25, 0.3) is 0 Å². The highest BCUT2D eigenvalue weighted by molar-refractivity contribution is 7.86. The number of carboxylic acid groups (broad SMARTS) is 1. The number of amides is 3. The van der Waals surface area contributed by atoms with Crippen molar-refractivity contribution in [2.24, 2.45) is 5.73 Å². The second-order valence-electron chi connectivity index (χ2n) is 18.6. The standard InChI is InChI=1S/C51H68N6O13S2/c1-6-56-42-21-19-37(71(63,64)65)31-40(42)50(2,3)44(56)12-10-13-45-51(4,5)41-32-38(72(66,67)68)20-22-43(41)57(45)25-9-7-8-14-47(59)55-34-35-17-18-36(33-52)39(30-35)49(62)54-24-27-70-29-28-69-26-23-53-46(58)15-11-16-48(60)61/h10,12-13,17-22,30-32H,6-9,11,14-16,23-29,33-34,52H2,1-5H3,(H5-,53,54,55,58,59,60,61,62,63,64,65,66,67,68)/p+1. The molecule has 0 fully saturated rings. The lowest BCUT2D eigenvalue weighted by atomic mass is 9.81. The average Bonchev–Trinajstić information content (AvgIpc) is 3.67. The van der Waals surface area contributed by atoms with Crippen LogP contribution in [-0.2, 0) is 68.0 Å². The zero-order chi connectivity index (χ0) is 52.9. The Morgan fingerprint density at radius 1 is 0.736 bits per heavy atom. The Hall–Kier alpha value is -5.81. The van der Waals surface area contributed by atoms with Crippen molar-refractivity contribution in [1.29, 1.82) is 0 Å². The summed E-state index contributed by atoms with van der Waals surface area (Å²) in [5.41, 5.74) is 11.3. The fourth-order valence-corrected chi connectivity index (χ4v) is 10.0. The minimum atomic E-state index is -4.47. The molecule has 0 bridgehead atoms. The molecule has 392 valence electrons. The lowest BCUT2D eigenvalue weighted by molar-refractivity contribution is -0.438. The Bertz CT molecular complexity index is 2800. The van der Waals surface area contributed by atoms with Gasteiger partial charge in [0.05, 0.1) is 41.6 Å². The minimum absolute atomic E-state index is 0.0588. The van der Waals surface area contributed by atoms with Gasteiger partial charge in [0.1, 0.15) is 6.54 Å². The minimum Gasteiger partial charge on any atom is -0.481 e. The number of anilines is 1. The summed E-state index contributed by atoms with van der Waals surface area (Å²) in [6, 6.07) is 14.5. The molecule has 21 heteroatoms. The van der Waals surface area contributed by atoms with E-state index < -0.39 is 37.0 Å². The molecular weight excluding hydrogens is 969 g/mol. The number of likely N-dealkylation sites (N-methyl/N-ethyl adjacent to an activating group) is 1. The van der Waals surface area contributed by atoms with Gasteiger partial charge >= 0.3 is 5.97 Å². The van der Waals surface area contributed by atoms with E-state index in [1.54, 1.807) is 24.3 Å². The Morgan fingerprint density at radius 2 is 1.36 bits per heavy atom. The number of carbonyl (C=O) groups is 4. The van der Waals surface area contributed by atoms with Gasteiger partial charge in [-0.05, 0) is 99.2 Å². The number of unbranched alkanes of at least 4 members (excludes halogenated alkanes) is 2. The van der Waals surface area contributed by atoms with Gasteiger partial charge in [0.2, 0.25) is 17.5 Å². The van der Waals surface area contributed by atoms with Crippen LogP contribution in [0.15, 0.2) is 88.3 Å². The summed E-state index contributed by atoms with van der Waals surface area (Å²) < 4.78 is 81.3. The number of ether oxygens (including phenoxy) is 2. The SMILES string of the molecule is CCN1/C(=C/C=C/C2=[N+](CCCCCC(=O)NCc3ccc(CN)c(C(=O)NCCOCCOCCNC(=O)CCCC(=O)O)c3)c3ccc(S(=O)(=O)O)cc3C2(C)C)C(C)(C)c2cc(S(=O)(=O)O)ccc21. The highest BCUT2D eigenvalue weighted by Crippen LogP contribution is 2.48. The summed E-state index contributed by atoms with van der Waals surface area (Å²) in [6.45, 7) is 13.1. The Labute approximate surface area is 422 Å². The van der Waals surface area contributed by atoms with Crippen LogP contribution in [0.4, 0.5) is 11.4 Å². The summed E-state index contributed by atoms with van der Waals surface area (Å²) in [5.74, 6) is -1.65. The molecule has 2 aliphatic heterocycles. The first-order chi connectivity index (χ1) is 34.0. The van der Waals surface area contributed by atoms with Gasteiger partial charge in [-0.3, -0.25) is 28.3 Å². The molecule has 19 nitrogen and oxygen atoms in total. The third-order valence-electron chi connectivity index (χ3n) is 12.8. The predicted molar refractivity (Wildman–Crippen MR) is 272 cm³/mol. The van der Waals surface area contributed by atoms with Gasteiger partial charge in [0, 0.05) is 98.5 Å². The summed E-state index contributed by atoms with van der Waals surface area (Å²) in [4.78, 5) is 50.1. The predicted octanol–water partition coefficient (Wildman–Crippen LogP) is 5.28. The maximum absolute atomic E-state index is 13.1. The largest absolute Gasteiger partial charge is 0.481 e. The summed E-state index contributed by atoms with van der Waals surface area (Å²) in [7, 11) is -8.89. The van der Waals surface area contributed by atoms with E-state index in [0.717, 1.165) is 39.5 Å². The number of allylic oxidation sites excluding steroid dienone is 4. The Kier molecular flexibility index (Phi) is 20.0. The first-order valence-corrected chi connectivity index (χ1v) is 26.9. The van der Waals surface area contributed by atoms with E-state index in [9.17, 15) is 45.1 Å². The lowest BCUT2D eigenvalue weighted by Crippen LogP contribution is -2.29. The van der Waals surface area contributed by atoms with Crippen molar-refractivity contribution in [3.05, 3.63) is 106 Å².